The molecule has 3 atom stereocenters. The molecule has 4 aliphatic carbocycles. The molecule has 318 valence electrons. The monoisotopic (exact) mass is 855 g/mol. The normalized spacial score (nSPS) is 17.9. The Morgan fingerprint density at radius 3 is 1.60 bits per heavy atom. The van der Waals surface area contributed by atoms with E-state index >= 15 is 0 Å². The summed E-state index contributed by atoms with van der Waals surface area (Å²) in [5.41, 5.74) is 22.5. The van der Waals surface area contributed by atoms with Gasteiger partial charge in [-0.3, -0.25) is 0 Å². The first-order valence-electron chi connectivity index (χ1n) is 24.3. The fourth-order valence-electron chi connectivity index (χ4n) is 13.4. The van der Waals surface area contributed by atoms with Crippen molar-refractivity contribution in [3.05, 3.63) is 258 Å². The van der Waals surface area contributed by atoms with Crippen LogP contribution in [0.2, 0.25) is 0 Å². The quantitative estimate of drug-likeness (QED) is 0.154. The second-order valence-corrected chi connectivity index (χ2v) is 19.5. The van der Waals surface area contributed by atoms with Crippen LogP contribution in [-0.4, -0.2) is 0 Å². The number of benzene rings is 10. The van der Waals surface area contributed by atoms with Crippen LogP contribution in [0.25, 0.3) is 66.4 Å². The molecule has 4 aliphatic rings. The third-order valence-electron chi connectivity index (χ3n) is 16.2. The van der Waals surface area contributed by atoms with Crippen LogP contribution in [0.3, 0.4) is 0 Å². The van der Waals surface area contributed by atoms with Crippen molar-refractivity contribution in [3.63, 3.8) is 0 Å². The maximum atomic E-state index is 2.52. The highest BCUT2D eigenvalue weighted by atomic mass is 15.1. The molecule has 2 fully saturated rings. The summed E-state index contributed by atoms with van der Waals surface area (Å²) in [7, 11) is 0. The first-order chi connectivity index (χ1) is 33.2. The Kier molecular flexibility index (Phi) is 8.71. The molecule has 14 rings (SSSR count). The zero-order valence-electron chi connectivity index (χ0n) is 37.4. The lowest BCUT2D eigenvalue weighted by molar-refractivity contribution is 0.420. The summed E-state index contributed by atoms with van der Waals surface area (Å²) in [5, 5.41) is 2.51. The number of hydrogen-bond acceptors (Lipinski definition) is 1. The summed E-state index contributed by atoms with van der Waals surface area (Å²) in [4.78, 5) is 2.52. The van der Waals surface area contributed by atoms with Gasteiger partial charge in [-0.25, -0.2) is 0 Å². The molecule has 2 saturated carbocycles. The molecule has 0 aromatic heterocycles. The molecule has 67 heavy (non-hydrogen) atoms. The van der Waals surface area contributed by atoms with Crippen LogP contribution in [0.4, 0.5) is 17.1 Å². The maximum Gasteiger partial charge on any atom is 0.0726 e. The molecule has 1 spiro atoms. The molecule has 2 bridgehead atoms. The van der Waals surface area contributed by atoms with Gasteiger partial charge in [-0.2, -0.15) is 0 Å². The molecule has 10 aromatic rings. The summed E-state index contributed by atoms with van der Waals surface area (Å²) in [6.07, 6.45) is 5.65. The van der Waals surface area contributed by atoms with E-state index in [1.807, 2.05) is 0 Å². The van der Waals surface area contributed by atoms with Crippen molar-refractivity contribution >= 4 is 27.8 Å². The van der Waals surface area contributed by atoms with Gasteiger partial charge < -0.3 is 4.90 Å². The van der Waals surface area contributed by atoms with E-state index in [0.717, 1.165) is 29.1 Å². The standard InChI is InChI=1S/C66H49N/c1-2-14-46(15-3-1)53-23-11-16-48-17-12-24-54(64(48)53)49-18-10-19-52(42-49)67(51-38-36-45(37-39-51)44-32-34-47(35-33-44)58-41-43-30-31-50(58)40-43)63-29-13-28-62-65(63)57-22-6-9-27-61(57)66(62)59-25-7-4-20-55(59)56-21-5-8-26-60(56)66/h1-29,32-39,42-43,50,58H,30-31,40-41H2. The van der Waals surface area contributed by atoms with E-state index in [9.17, 15) is 0 Å². The maximum absolute atomic E-state index is 2.52. The van der Waals surface area contributed by atoms with Gasteiger partial charge >= 0.3 is 0 Å². The number of fused-ring (bicyclic) bond motifs is 13. The van der Waals surface area contributed by atoms with Crippen LogP contribution in [-0.2, 0) is 5.41 Å². The van der Waals surface area contributed by atoms with Gasteiger partial charge in [0.15, 0.2) is 0 Å². The topological polar surface area (TPSA) is 3.24 Å². The minimum Gasteiger partial charge on any atom is -0.310 e. The van der Waals surface area contributed by atoms with Crippen molar-refractivity contribution in [2.75, 3.05) is 4.90 Å². The molecule has 0 radical (unpaired) electrons. The lowest BCUT2D eigenvalue weighted by Crippen LogP contribution is -2.26. The minimum absolute atomic E-state index is 0.437. The zero-order chi connectivity index (χ0) is 44.1. The molecule has 1 nitrogen and oxygen atoms in total. The molecule has 0 heterocycles. The first-order valence-corrected chi connectivity index (χ1v) is 24.3. The van der Waals surface area contributed by atoms with Gasteiger partial charge in [-0.1, -0.05) is 207 Å². The molecule has 10 aromatic carbocycles. The smallest absolute Gasteiger partial charge is 0.0726 e. The van der Waals surface area contributed by atoms with E-state index in [2.05, 4.69) is 235 Å². The predicted octanol–water partition coefficient (Wildman–Crippen LogP) is 17.6. The fourth-order valence-corrected chi connectivity index (χ4v) is 13.4. The predicted molar refractivity (Wildman–Crippen MR) is 279 cm³/mol. The fraction of sp³-hybridized carbons (Fsp3) is 0.121. The molecular formula is C66H49N. The molecule has 0 amide bonds. The van der Waals surface area contributed by atoms with Crippen LogP contribution in [0.5, 0.6) is 0 Å². The van der Waals surface area contributed by atoms with Gasteiger partial charge in [0.25, 0.3) is 0 Å². The van der Waals surface area contributed by atoms with Gasteiger partial charge in [-0.05, 0) is 156 Å². The molecular weight excluding hydrogens is 807 g/mol. The second-order valence-electron chi connectivity index (χ2n) is 19.5. The van der Waals surface area contributed by atoms with E-state index in [4.69, 9.17) is 0 Å². The average Bonchev–Trinajstić information content (AvgIpc) is 4.18. The Hall–Kier alpha value is -7.74. The van der Waals surface area contributed by atoms with E-state index in [0.29, 0.717) is 0 Å². The number of hydrogen-bond donors (Lipinski definition) is 0. The van der Waals surface area contributed by atoms with Crippen molar-refractivity contribution in [1.29, 1.82) is 0 Å². The van der Waals surface area contributed by atoms with E-state index in [1.165, 1.54) is 126 Å². The summed E-state index contributed by atoms with van der Waals surface area (Å²) in [6, 6.07) is 86.8. The van der Waals surface area contributed by atoms with Crippen LogP contribution in [0, 0.1) is 11.8 Å². The highest BCUT2D eigenvalue weighted by Crippen LogP contribution is 2.65. The van der Waals surface area contributed by atoms with Crippen LogP contribution < -0.4 is 4.90 Å². The van der Waals surface area contributed by atoms with E-state index in [-0.39, 0.29) is 0 Å². The Labute approximate surface area is 393 Å². The van der Waals surface area contributed by atoms with Gasteiger partial charge in [0.05, 0.1) is 11.1 Å². The second kappa shape index (κ2) is 15.2. The van der Waals surface area contributed by atoms with Crippen molar-refractivity contribution in [1.82, 2.24) is 0 Å². The van der Waals surface area contributed by atoms with Crippen LogP contribution in [0.15, 0.2) is 231 Å². The summed E-state index contributed by atoms with van der Waals surface area (Å²) in [6.45, 7) is 0. The first kappa shape index (κ1) is 38.5. The van der Waals surface area contributed by atoms with Gasteiger partial charge in [0.1, 0.15) is 0 Å². The largest absolute Gasteiger partial charge is 0.310 e. The average molecular weight is 856 g/mol. The number of anilines is 3. The number of nitrogens with zero attached hydrogens (tertiary/aromatic N) is 1. The zero-order valence-corrected chi connectivity index (χ0v) is 37.4. The molecule has 0 aliphatic heterocycles. The Balaban J connectivity index is 0.957. The summed E-state index contributed by atoms with van der Waals surface area (Å²) in [5.74, 6) is 2.56. The summed E-state index contributed by atoms with van der Waals surface area (Å²) < 4.78 is 0. The molecule has 0 saturated heterocycles. The van der Waals surface area contributed by atoms with Crippen LogP contribution >= 0.6 is 0 Å². The minimum atomic E-state index is -0.437. The highest BCUT2D eigenvalue weighted by molar-refractivity contribution is 6.07. The highest BCUT2D eigenvalue weighted by Gasteiger charge is 2.52. The molecule has 3 unspecified atom stereocenters. The Bertz CT molecular complexity index is 3490. The van der Waals surface area contributed by atoms with E-state index < -0.39 is 5.41 Å². The Morgan fingerprint density at radius 1 is 0.373 bits per heavy atom. The molecule has 1 heteroatoms. The SMILES string of the molecule is c1ccc(-c2cccc3cccc(-c4cccc(N(c5ccc(-c6ccc(C7CC8CCC7C8)cc6)cc5)c5cccc6c5-c5ccccc5C65c6ccccc6-c6ccccc65)c4)c23)cc1. The summed E-state index contributed by atoms with van der Waals surface area (Å²) >= 11 is 0. The molecule has 0 N–H and O–H groups in total. The third kappa shape index (κ3) is 5.80. The third-order valence-corrected chi connectivity index (χ3v) is 16.2. The number of rotatable bonds is 7. The lowest BCUT2D eigenvalue weighted by Gasteiger charge is -2.32. The lowest BCUT2D eigenvalue weighted by atomic mass is 9.70. The Morgan fingerprint density at radius 2 is 0.925 bits per heavy atom. The van der Waals surface area contributed by atoms with Crippen LogP contribution in [0.1, 0.15) is 59.4 Å². The van der Waals surface area contributed by atoms with Gasteiger partial charge in [0.2, 0.25) is 0 Å². The van der Waals surface area contributed by atoms with Crippen molar-refractivity contribution in [2.24, 2.45) is 11.8 Å². The van der Waals surface area contributed by atoms with Crippen molar-refractivity contribution in [2.45, 2.75) is 37.0 Å². The van der Waals surface area contributed by atoms with Crippen molar-refractivity contribution in [3.8, 4) is 55.6 Å². The van der Waals surface area contributed by atoms with E-state index in [1.54, 1.807) is 0 Å². The van der Waals surface area contributed by atoms with Gasteiger partial charge in [0, 0.05) is 16.9 Å². The van der Waals surface area contributed by atoms with Gasteiger partial charge in [-0.15, -0.1) is 0 Å². The van der Waals surface area contributed by atoms with Crippen molar-refractivity contribution < 1.29 is 0 Å².